The number of likely N-dealkylation sites (N-methyl/N-ethyl adjacent to an activating group) is 1. The van der Waals surface area contributed by atoms with Crippen LogP contribution in [0.15, 0.2) is 18.2 Å². The molecule has 0 radical (unpaired) electrons. The molecule has 100 valence electrons. The van der Waals surface area contributed by atoms with Gasteiger partial charge in [-0.3, -0.25) is 4.79 Å². The van der Waals surface area contributed by atoms with E-state index in [9.17, 15) is 9.18 Å². The predicted molar refractivity (Wildman–Crippen MR) is 67.7 cm³/mol. The summed E-state index contributed by atoms with van der Waals surface area (Å²) >= 11 is 0. The van der Waals surface area contributed by atoms with Crippen molar-refractivity contribution in [2.75, 3.05) is 13.7 Å². The molecule has 1 rings (SSSR count). The molecule has 18 heavy (non-hydrogen) atoms. The number of amides is 1. The highest BCUT2D eigenvalue weighted by Gasteiger charge is 2.14. The summed E-state index contributed by atoms with van der Waals surface area (Å²) in [5.41, 5.74) is 5.74. The van der Waals surface area contributed by atoms with E-state index in [1.807, 2.05) is 13.8 Å². The van der Waals surface area contributed by atoms with Crippen molar-refractivity contribution >= 4 is 5.91 Å². The number of halogens is 1. The Hall–Kier alpha value is -1.62. The van der Waals surface area contributed by atoms with Crippen molar-refractivity contribution in [1.29, 1.82) is 0 Å². The van der Waals surface area contributed by atoms with Gasteiger partial charge in [-0.05, 0) is 26.0 Å². The van der Waals surface area contributed by atoms with Gasteiger partial charge in [-0.25, -0.2) is 4.39 Å². The zero-order valence-corrected chi connectivity index (χ0v) is 10.9. The predicted octanol–water partition coefficient (Wildman–Crippen LogP) is 1.53. The van der Waals surface area contributed by atoms with Crippen molar-refractivity contribution in [2.24, 2.45) is 5.73 Å². The molecular formula is C13H19FN2O2. The van der Waals surface area contributed by atoms with Gasteiger partial charge in [-0.1, -0.05) is 6.07 Å². The zero-order chi connectivity index (χ0) is 13.7. The maximum absolute atomic E-state index is 13.4. The first-order valence-electron chi connectivity index (χ1n) is 5.83. The van der Waals surface area contributed by atoms with Gasteiger partial charge >= 0.3 is 0 Å². The molecule has 1 aromatic carbocycles. The number of carbonyl (C=O) groups is 1. The van der Waals surface area contributed by atoms with Crippen molar-refractivity contribution in [3.05, 3.63) is 29.6 Å². The van der Waals surface area contributed by atoms with E-state index in [0.29, 0.717) is 5.75 Å². The van der Waals surface area contributed by atoms with E-state index in [0.717, 1.165) is 0 Å². The summed E-state index contributed by atoms with van der Waals surface area (Å²) in [5.74, 6) is -0.250. The Bertz CT molecular complexity index is 421. The second kappa shape index (κ2) is 6.35. The minimum Gasteiger partial charge on any atom is -0.483 e. The van der Waals surface area contributed by atoms with Crippen LogP contribution in [0.3, 0.4) is 0 Å². The van der Waals surface area contributed by atoms with Crippen molar-refractivity contribution in [1.82, 2.24) is 4.90 Å². The maximum atomic E-state index is 13.4. The number of rotatable bonds is 5. The Morgan fingerprint density at radius 1 is 1.50 bits per heavy atom. The average molecular weight is 254 g/mol. The van der Waals surface area contributed by atoms with Crippen LogP contribution in [0.5, 0.6) is 5.75 Å². The lowest BCUT2D eigenvalue weighted by Crippen LogP contribution is -2.36. The Kier molecular flexibility index (Phi) is 5.09. The number of benzene rings is 1. The van der Waals surface area contributed by atoms with Gasteiger partial charge in [0.15, 0.2) is 6.61 Å². The van der Waals surface area contributed by atoms with E-state index in [4.69, 9.17) is 10.5 Å². The molecule has 0 aliphatic heterocycles. The molecule has 1 amide bonds. The zero-order valence-electron chi connectivity index (χ0n) is 10.9. The van der Waals surface area contributed by atoms with E-state index in [1.54, 1.807) is 18.0 Å². The highest BCUT2D eigenvalue weighted by atomic mass is 19.1. The molecule has 0 unspecified atom stereocenters. The molecule has 0 atom stereocenters. The summed E-state index contributed by atoms with van der Waals surface area (Å²) in [6.45, 7) is 3.73. The molecule has 0 aliphatic rings. The first-order valence-corrected chi connectivity index (χ1v) is 5.83. The van der Waals surface area contributed by atoms with Crippen LogP contribution in [0.25, 0.3) is 0 Å². The van der Waals surface area contributed by atoms with Gasteiger partial charge in [-0.15, -0.1) is 0 Å². The van der Waals surface area contributed by atoms with E-state index in [2.05, 4.69) is 0 Å². The summed E-state index contributed by atoms with van der Waals surface area (Å²) in [6.07, 6.45) is 0. The topological polar surface area (TPSA) is 55.6 Å². The summed E-state index contributed by atoms with van der Waals surface area (Å²) in [7, 11) is 1.70. The number of hydrogen-bond donors (Lipinski definition) is 1. The van der Waals surface area contributed by atoms with Gasteiger partial charge < -0.3 is 15.4 Å². The quantitative estimate of drug-likeness (QED) is 0.867. The first kappa shape index (κ1) is 14.4. The third kappa shape index (κ3) is 3.43. The van der Waals surface area contributed by atoms with Crippen LogP contribution in [0.4, 0.5) is 4.39 Å². The minimum absolute atomic E-state index is 0.0379. The van der Waals surface area contributed by atoms with Gasteiger partial charge in [0.2, 0.25) is 0 Å². The number of carbonyl (C=O) groups excluding carboxylic acids is 1. The van der Waals surface area contributed by atoms with Crippen LogP contribution in [0.1, 0.15) is 19.4 Å². The molecule has 0 heterocycles. The van der Waals surface area contributed by atoms with Gasteiger partial charge in [0, 0.05) is 25.2 Å². The van der Waals surface area contributed by atoms with Crippen LogP contribution in [-0.4, -0.2) is 30.5 Å². The highest BCUT2D eigenvalue weighted by Crippen LogP contribution is 2.20. The lowest BCUT2D eigenvalue weighted by atomic mass is 10.2. The minimum atomic E-state index is -0.417. The van der Waals surface area contributed by atoms with Gasteiger partial charge in [0.25, 0.3) is 5.91 Å². The van der Waals surface area contributed by atoms with Crippen LogP contribution < -0.4 is 10.5 Å². The number of ether oxygens (including phenoxy) is 1. The molecule has 0 aromatic heterocycles. The molecule has 1 aromatic rings. The number of nitrogens with zero attached hydrogens (tertiary/aromatic N) is 1. The number of hydrogen-bond acceptors (Lipinski definition) is 3. The van der Waals surface area contributed by atoms with Crippen LogP contribution in [0.2, 0.25) is 0 Å². The molecule has 0 aliphatic carbocycles. The molecule has 0 bridgehead atoms. The summed E-state index contributed by atoms with van der Waals surface area (Å²) in [6, 6.07) is 4.55. The van der Waals surface area contributed by atoms with Crippen LogP contribution in [0, 0.1) is 5.82 Å². The maximum Gasteiger partial charge on any atom is 0.260 e. The Morgan fingerprint density at radius 3 is 2.72 bits per heavy atom. The van der Waals surface area contributed by atoms with Gasteiger partial charge in [0.05, 0.1) is 0 Å². The van der Waals surface area contributed by atoms with Crippen molar-refractivity contribution < 1.29 is 13.9 Å². The fourth-order valence-electron chi connectivity index (χ4n) is 1.40. The van der Waals surface area contributed by atoms with E-state index >= 15 is 0 Å². The van der Waals surface area contributed by atoms with Crippen LogP contribution in [-0.2, 0) is 11.3 Å². The third-order valence-corrected chi connectivity index (χ3v) is 2.80. The van der Waals surface area contributed by atoms with E-state index in [1.165, 1.54) is 12.1 Å². The summed E-state index contributed by atoms with van der Waals surface area (Å²) < 4.78 is 18.7. The van der Waals surface area contributed by atoms with E-state index in [-0.39, 0.29) is 30.7 Å². The lowest BCUT2D eigenvalue weighted by molar-refractivity contribution is -0.133. The standard InChI is InChI=1S/C13H19FN2O2/c1-9(2)16(3)13(17)8-18-12-6-4-5-11(14)10(12)7-15/h4-6,9H,7-8,15H2,1-3H3. The molecule has 5 heteroatoms. The smallest absolute Gasteiger partial charge is 0.260 e. The lowest BCUT2D eigenvalue weighted by Gasteiger charge is -2.21. The Labute approximate surface area is 107 Å². The average Bonchev–Trinajstić information content (AvgIpc) is 2.34. The molecule has 4 nitrogen and oxygen atoms in total. The second-order valence-corrected chi connectivity index (χ2v) is 4.31. The van der Waals surface area contributed by atoms with Gasteiger partial charge in [-0.2, -0.15) is 0 Å². The van der Waals surface area contributed by atoms with Crippen LogP contribution >= 0.6 is 0 Å². The molecular weight excluding hydrogens is 235 g/mol. The van der Waals surface area contributed by atoms with E-state index < -0.39 is 5.82 Å². The molecule has 0 saturated heterocycles. The monoisotopic (exact) mass is 254 g/mol. The second-order valence-electron chi connectivity index (χ2n) is 4.31. The van der Waals surface area contributed by atoms with Crippen molar-refractivity contribution in [3.63, 3.8) is 0 Å². The Balaban J connectivity index is 2.69. The SMILES string of the molecule is CC(C)N(C)C(=O)COc1cccc(F)c1CN. The fourth-order valence-corrected chi connectivity index (χ4v) is 1.40. The van der Waals surface area contributed by atoms with Crippen molar-refractivity contribution in [3.8, 4) is 5.75 Å². The Morgan fingerprint density at radius 2 is 2.17 bits per heavy atom. The largest absolute Gasteiger partial charge is 0.483 e. The summed E-state index contributed by atoms with van der Waals surface area (Å²) in [4.78, 5) is 13.3. The molecule has 0 spiro atoms. The van der Waals surface area contributed by atoms with Gasteiger partial charge in [0.1, 0.15) is 11.6 Å². The normalized spacial score (nSPS) is 10.6. The summed E-state index contributed by atoms with van der Waals surface area (Å²) in [5, 5.41) is 0. The highest BCUT2D eigenvalue weighted by molar-refractivity contribution is 5.77. The molecule has 2 N–H and O–H groups in total. The molecule has 0 saturated carbocycles. The van der Waals surface area contributed by atoms with Crippen molar-refractivity contribution in [2.45, 2.75) is 26.4 Å². The fraction of sp³-hybridized carbons (Fsp3) is 0.462. The number of nitrogens with two attached hydrogens (primary N) is 1. The third-order valence-electron chi connectivity index (χ3n) is 2.80. The first-order chi connectivity index (χ1) is 8.47. The molecule has 0 fully saturated rings.